The van der Waals surface area contributed by atoms with Crippen molar-refractivity contribution in [2.45, 2.75) is 18.5 Å². The van der Waals surface area contributed by atoms with Crippen LogP contribution in [0.4, 0.5) is 14.7 Å². The lowest BCUT2D eigenvalue weighted by Crippen LogP contribution is -2.28. The molecule has 0 fully saturated rings. The summed E-state index contributed by atoms with van der Waals surface area (Å²) in [6.07, 6.45) is 1.93. The molecule has 4 rings (SSSR count). The van der Waals surface area contributed by atoms with E-state index in [-0.39, 0.29) is 17.7 Å². The summed E-state index contributed by atoms with van der Waals surface area (Å²) in [6, 6.07) is 10.3. The maximum absolute atomic E-state index is 14.4. The smallest absolute Gasteiger partial charge is 0.222 e. The Balaban J connectivity index is 1.78. The number of nitrogens with zero attached hydrogens (tertiary/aromatic N) is 3. The van der Waals surface area contributed by atoms with Crippen molar-refractivity contribution in [3.05, 3.63) is 76.6 Å². The molecule has 0 bridgehead atoms. The molecule has 1 aliphatic heterocycles. The molecule has 2 aromatic carbocycles. The number of benzene rings is 2. The molecule has 0 saturated carbocycles. The van der Waals surface area contributed by atoms with Crippen LogP contribution in [0.25, 0.3) is 0 Å². The molecule has 4 nitrogen and oxygen atoms in total. The van der Waals surface area contributed by atoms with Gasteiger partial charge in [0.2, 0.25) is 5.95 Å². The van der Waals surface area contributed by atoms with Gasteiger partial charge in [-0.25, -0.2) is 13.5 Å². The van der Waals surface area contributed by atoms with Crippen LogP contribution in [0.2, 0.25) is 5.02 Å². The lowest BCUT2D eigenvalue weighted by molar-refractivity contribution is 0.415. The van der Waals surface area contributed by atoms with Gasteiger partial charge in [0.05, 0.1) is 12.1 Å². The molecule has 2 heterocycles. The second kappa shape index (κ2) is 5.87. The summed E-state index contributed by atoms with van der Waals surface area (Å²) < 4.78 is 29.2. The number of aromatic nitrogens is 3. The molecule has 3 aromatic rings. The average molecular weight is 347 g/mol. The Labute approximate surface area is 142 Å². The van der Waals surface area contributed by atoms with Gasteiger partial charge in [0, 0.05) is 10.6 Å². The molecule has 0 radical (unpaired) electrons. The van der Waals surface area contributed by atoms with Crippen LogP contribution in [-0.2, 0) is 0 Å². The van der Waals surface area contributed by atoms with E-state index in [1.54, 1.807) is 28.9 Å². The molecule has 1 aromatic heterocycles. The predicted molar refractivity (Wildman–Crippen MR) is 87.0 cm³/mol. The quantitative estimate of drug-likeness (QED) is 0.750. The molecule has 2 atom stereocenters. The van der Waals surface area contributed by atoms with Crippen molar-refractivity contribution in [1.82, 2.24) is 14.8 Å². The normalized spacial score (nSPS) is 19.6. The number of hydrogen-bond donors (Lipinski definition) is 1. The Hall–Kier alpha value is -2.47. The maximum atomic E-state index is 14.4. The van der Waals surface area contributed by atoms with Crippen molar-refractivity contribution in [3.63, 3.8) is 0 Å². The van der Waals surface area contributed by atoms with Gasteiger partial charge in [-0.2, -0.15) is 10.1 Å². The van der Waals surface area contributed by atoms with Gasteiger partial charge in [0.15, 0.2) is 0 Å². The third-order valence-corrected chi connectivity index (χ3v) is 4.57. The van der Waals surface area contributed by atoms with Crippen molar-refractivity contribution >= 4 is 17.5 Å². The van der Waals surface area contributed by atoms with Crippen molar-refractivity contribution in [2.24, 2.45) is 0 Å². The Bertz CT molecular complexity index is 858. The van der Waals surface area contributed by atoms with E-state index in [1.165, 1.54) is 24.5 Å². The van der Waals surface area contributed by atoms with Crippen LogP contribution in [-0.4, -0.2) is 14.8 Å². The third-order valence-electron chi connectivity index (χ3n) is 4.24. The zero-order chi connectivity index (χ0) is 16.7. The molecular formula is C17H13ClF2N4. The third kappa shape index (κ3) is 2.53. The van der Waals surface area contributed by atoms with Gasteiger partial charge < -0.3 is 5.32 Å². The fourth-order valence-electron chi connectivity index (χ4n) is 3.10. The second-order valence-electron chi connectivity index (χ2n) is 5.66. The number of fused-ring (bicyclic) bond motifs is 1. The predicted octanol–water partition coefficient (Wildman–Crippen LogP) is 4.36. The topological polar surface area (TPSA) is 42.7 Å². The number of nitrogens with one attached hydrogen (secondary N) is 1. The first-order valence-corrected chi connectivity index (χ1v) is 7.86. The van der Waals surface area contributed by atoms with Gasteiger partial charge in [0.1, 0.15) is 18.0 Å². The number of hydrogen-bond acceptors (Lipinski definition) is 3. The van der Waals surface area contributed by atoms with E-state index >= 15 is 0 Å². The molecule has 0 unspecified atom stereocenters. The summed E-state index contributed by atoms with van der Waals surface area (Å²) in [6.45, 7) is 0. The van der Waals surface area contributed by atoms with Crippen molar-refractivity contribution in [1.29, 1.82) is 0 Å². The average Bonchev–Trinajstić information content (AvgIpc) is 3.04. The van der Waals surface area contributed by atoms with Gasteiger partial charge in [-0.3, -0.25) is 0 Å². The lowest BCUT2D eigenvalue weighted by Gasteiger charge is -2.32. The van der Waals surface area contributed by atoms with Crippen LogP contribution < -0.4 is 5.32 Å². The number of rotatable bonds is 2. The minimum Gasteiger partial charge on any atom is -0.348 e. The van der Waals surface area contributed by atoms with E-state index in [1.807, 2.05) is 0 Å². The van der Waals surface area contributed by atoms with Crippen LogP contribution in [0.5, 0.6) is 0 Å². The van der Waals surface area contributed by atoms with E-state index < -0.39 is 6.04 Å². The molecule has 0 saturated heterocycles. The SMILES string of the molecule is Fc1ccc([C@H]2C[C@@H](c3c(F)cccc3Cl)n3ncnc3N2)cc1. The first kappa shape index (κ1) is 15.1. The van der Waals surface area contributed by atoms with E-state index in [0.29, 0.717) is 23.0 Å². The highest BCUT2D eigenvalue weighted by atomic mass is 35.5. The highest BCUT2D eigenvalue weighted by Crippen LogP contribution is 2.40. The molecule has 0 amide bonds. The van der Waals surface area contributed by atoms with Crippen molar-refractivity contribution < 1.29 is 8.78 Å². The van der Waals surface area contributed by atoms with E-state index in [2.05, 4.69) is 15.4 Å². The fourth-order valence-corrected chi connectivity index (χ4v) is 3.39. The van der Waals surface area contributed by atoms with Crippen LogP contribution >= 0.6 is 11.6 Å². The number of anilines is 1. The summed E-state index contributed by atoms with van der Waals surface area (Å²) in [4.78, 5) is 4.19. The molecule has 7 heteroatoms. The van der Waals surface area contributed by atoms with Gasteiger partial charge in [-0.05, 0) is 36.2 Å². The van der Waals surface area contributed by atoms with E-state index in [0.717, 1.165) is 5.56 Å². The minimum absolute atomic E-state index is 0.150. The van der Waals surface area contributed by atoms with Gasteiger partial charge in [0.25, 0.3) is 0 Å². The summed E-state index contributed by atoms with van der Waals surface area (Å²) in [5.74, 6) is -0.153. The maximum Gasteiger partial charge on any atom is 0.222 e. The van der Waals surface area contributed by atoms with Gasteiger partial charge >= 0.3 is 0 Å². The molecule has 0 spiro atoms. The van der Waals surface area contributed by atoms with Crippen LogP contribution in [0.1, 0.15) is 29.6 Å². The fraction of sp³-hybridized carbons (Fsp3) is 0.176. The molecule has 0 aliphatic carbocycles. The van der Waals surface area contributed by atoms with Gasteiger partial charge in [-0.15, -0.1) is 0 Å². The first-order valence-electron chi connectivity index (χ1n) is 7.49. The minimum atomic E-state index is -0.396. The highest BCUT2D eigenvalue weighted by molar-refractivity contribution is 6.31. The first-order chi connectivity index (χ1) is 11.6. The standard InChI is InChI=1S/C17H13ClF2N4/c18-12-2-1-3-13(20)16(12)15-8-14(10-4-6-11(19)7-5-10)23-17-21-9-22-24(15)17/h1-7,9,14-15H,8H2,(H,21,22,23)/t14-,15+/m1/s1. The van der Waals surface area contributed by atoms with E-state index in [4.69, 9.17) is 11.6 Å². The Morgan fingerprint density at radius 3 is 2.67 bits per heavy atom. The molecule has 122 valence electrons. The Kier molecular flexibility index (Phi) is 3.69. The molecule has 1 aliphatic rings. The Morgan fingerprint density at radius 1 is 1.12 bits per heavy atom. The number of halogens is 3. The zero-order valence-corrected chi connectivity index (χ0v) is 13.2. The summed E-state index contributed by atoms with van der Waals surface area (Å²) >= 11 is 6.24. The van der Waals surface area contributed by atoms with Crippen LogP contribution in [0.3, 0.4) is 0 Å². The summed E-state index contributed by atoms with van der Waals surface area (Å²) in [7, 11) is 0. The van der Waals surface area contributed by atoms with Crippen molar-refractivity contribution in [2.75, 3.05) is 5.32 Å². The van der Waals surface area contributed by atoms with Gasteiger partial charge in [-0.1, -0.05) is 29.8 Å². The van der Waals surface area contributed by atoms with E-state index in [9.17, 15) is 8.78 Å². The van der Waals surface area contributed by atoms with Crippen LogP contribution in [0.15, 0.2) is 48.8 Å². The van der Waals surface area contributed by atoms with Crippen molar-refractivity contribution in [3.8, 4) is 0 Å². The monoisotopic (exact) mass is 346 g/mol. The molecule has 24 heavy (non-hydrogen) atoms. The second-order valence-corrected chi connectivity index (χ2v) is 6.07. The zero-order valence-electron chi connectivity index (χ0n) is 12.5. The lowest BCUT2D eigenvalue weighted by atomic mass is 9.93. The Morgan fingerprint density at radius 2 is 1.92 bits per heavy atom. The van der Waals surface area contributed by atoms with Crippen LogP contribution in [0, 0.1) is 11.6 Å². The summed E-state index contributed by atoms with van der Waals surface area (Å²) in [5, 5.41) is 7.80. The molecular weight excluding hydrogens is 334 g/mol. The largest absolute Gasteiger partial charge is 0.348 e. The summed E-state index contributed by atoms with van der Waals surface area (Å²) in [5.41, 5.74) is 1.28. The highest BCUT2D eigenvalue weighted by Gasteiger charge is 2.32. The molecule has 1 N–H and O–H groups in total.